The van der Waals surface area contributed by atoms with Gasteiger partial charge in [-0.2, -0.15) is 0 Å². The molecule has 1 nitrogen and oxygen atoms in total. The zero-order valence-corrected chi connectivity index (χ0v) is 9.97. The van der Waals surface area contributed by atoms with Crippen molar-refractivity contribution in [2.24, 2.45) is 11.8 Å². The molecule has 1 saturated heterocycles. The van der Waals surface area contributed by atoms with Gasteiger partial charge >= 0.3 is 0 Å². The van der Waals surface area contributed by atoms with Crippen LogP contribution in [-0.4, -0.2) is 13.1 Å². The van der Waals surface area contributed by atoms with E-state index in [4.69, 9.17) is 0 Å². The number of nitrogens with one attached hydrogen (secondary N) is 1. The van der Waals surface area contributed by atoms with Crippen LogP contribution in [0.1, 0.15) is 24.3 Å². The molecule has 0 spiro atoms. The molecule has 1 aliphatic carbocycles. The van der Waals surface area contributed by atoms with Crippen LogP contribution in [-0.2, 0) is 0 Å². The Balaban J connectivity index is 0.000000963. The summed E-state index contributed by atoms with van der Waals surface area (Å²) >= 11 is 0. The van der Waals surface area contributed by atoms with Crippen LogP contribution in [0.4, 0.5) is 4.39 Å². The molecule has 1 N–H and O–H groups in total. The Morgan fingerprint density at radius 2 is 1.81 bits per heavy atom. The van der Waals surface area contributed by atoms with E-state index in [1.165, 1.54) is 24.5 Å². The molecule has 0 bridgehead atoms. The van der Waals surface area contributed by atoms with Gasteiger partial charge in [-0.05, 0) is 61.4 Å². The van der Waals surface area contributed by atoms with E-state index in [0.29, 0.717) is 5.92 Å². The van der Waals surface area contributed by atoms with Crippen LogP contribution in [0.5, 0.6) is 0 Å². The minimum atomic E-state index is -0.0947. The quantitative estimate of drug-likeness (QED) is 0.797. The average molecular weight is 242 g/mol. The smallest absolute Gasteiger partial charge is 0.123 e. The van der Waals surface area contributed by atoms with Crippen LogP contribution in [0.2, 0.25) is 0 Å². The molecule has 0 unspecified atom stereocenters. The Morgan fingerprint density at radius 3 is 2.44 bits per heavy atom. The van der Waals surface area contributed by atoms with Crippen LogP contribution in [0.25, 0.3) is 0 Å². The number of halogens is 2. The van der Waals surface area contributed by atoms with E-state index in [1.807, 2.05) is 6.07 Å². The Bertz CT molecular complexity index is 357. The standard InChI is InChI=1S/C13H16FN.ClH/c14-13-3-1-2-9(6-13)10-4-11-7-15-8-12(11)5-10;/h1-3,6,10-12,15H,4-5,7-8H2;1H/t11-,12-;/m0./s1. The summed E-state index contributed by atoms with van der Waals surface area (Å²) in [5.74, 6) is 2.16. The third-order valence-corrected chi connectivity index (χ3v) is 3.97. The van der Waals surface area contributed by atoms with E-state index >= 15 is 0 Å². The Hall–Kier alpha value is -0.600. The lowest BCUT2D eigenvalue weighted by atomic mass is 9.96. The lowest BCUT2D eigenvalue weighted by Gasteiger charge is -2.11. The highest BCUT2D eigenvalue weighted by molar-refractivity contribution is 5.85. The molecule has 1 heterocycles. The van der Waals surface area contributed by atoms with Crippen LogP contribution in [0.3, 0.4) is 0 Å². The lowest BCUT2D eigenvalue weighted by molar-refractivity contribution is 0.494. The van der Waals surface area contributed by atoms with Gasteiger partial charge in [-0.3, -0.25) is 0 Å². The first-order chi connectivity index (χ1) is 7.33. The summed E-state index contributed by atoms with van der Waals surface area (Å²) in [6, 6.07) is 7.14. The van der Waals surface area contributed by atoms with Gasteiger partial charge in [0.2, 0.25) is 0 Å². The van der Waals surface area contributed by atoms with E-state index in [9.17, 15) is 4.39 Å². The van der Waals surface area contributed by atoms with Crippen molar-refractivity contribution in [3.8, 4) is 0 Å². The van der Waals surface area contributed by atoms with Gasteiger partial charge in [0.15, 0.2) is 0 Å². The summed E-state index contributed by atoms with van der Waals surface area (Å²) in [4.78, 5) is 0. The second kappa shape index (κ2) is 4.72. The maximum Gasteiger partial charge on any atom is 0.123 e. The van der Waals surface area contributed by atoms with E-state index in [2.05, 4.69) is 11.4 Å². The van der Waals surface area contributed by atoms with Crippen molar-refractivity contribution in [3.63, 3.8) is 0 Å². The molecule has 3 heteroatoms. The molecule has 2 aliphatic rings. The Morgan fingerprint density at radius 1 is 1.12 bits per heavy atom. The van der Waals surface area contributed by atoms with Gasteiger partial charge in [0, 0.05) is 0 Å². The topological polar surface area (TPSA) is 12.0 Å². The summed E-state index contributed by atoms with van der Waals surface area (Å²) in [5.41, 5.74) is 1.20. The molecule has 0 amide bonds. The van der Waals surface area contributed by atoms with Crippen LogP contribution in [0.15, 0.2) is 24.3 Å². The Kier molecular flexibility index (Phi) is 3.50. The van der Waals surface area contributed by atoms with Gasteiger partial charge in [0.1, 0.15) is 5.82 Å². The molecule has 3 rings (SSSR count). The highest BCUT2D eigenvalue weighted by atomic mass is 35.5. The van der Waals surface area contributed by atoms with Crippen LogP contribution >= 0.6 is 12.4 Å². The number of hydrogen-bond acceptors (Lipinski definition) is 1. The third-order valence-electron chi connectivity index (χ3n) is 3.97. The van der Waals surface area contributed by atoms with E-state index in [-0.39, 0.29) is 18.2 Å². The number of fused-ring (bicyclic) bond motifs is 1. The van der Waals surface area contributed by atoms with Crippen molar-refractivity contribution in [2.45, 2.75) is 18.8 Å². The fraction of sp³-hybridized carbons (Fsp3) is 0.538. The SMILES string of the molecule is Cl.Fc1cccc(C2C[C@H]3CNC[C@@H]3C2)c1. The zero-order valence-electron chi connectivity index (χ0n) is 9.16. The number of rotatable bonds is 1. The molecule has 1 aliphatic heterocycles. The van der Waals surface area contributed by atoms with Gasteiger partial charge in [0.05, 0.1) is 0 Å². The van der Waals surface area contributed by atoms with Gasteiger partial charge in [-0.15, -0.1) is 12.4 Å². The maximum atomic E-state index is 13.1. The second-order valence-electron chi connectivity index (χ2n) is 4.90. The molecule has 1 saturated carbocycles. The molecule has 1 aromatic carbocycles. The summed E-state index contributed by atoms with van der Waals surface area (Å²) in [5, 5.41) is 3.43. The van der Waals surface area contributed by atoms with Crippen molar-refractivity contribution < 1.29 is 4.39 Å². The highest BCUT2D eigenvalue weighted by Crippen LogP contribution is 2.43. The first kappa shape index (κ1) is 11.9. The predicted octanol–water partition coefficient (Wildman–Crippen LogP) is 2.96. The first-order valence-electron chi connectivity index (χ1n) is 5.79. The average Bonchev–Trinajstić information content (AvgIpc) is 2.76. The third kappa shape index (κ3) is 2.09. The predicted molar refractivity (Wildman–Crippen MR) is 65.5 cm³/mol. The highest BCUT2D eigenvalue weighted by Gasteiger charge is 2.37. The summed E-state index contributed by atoms with van der Waals surface area (Å²) < 4.78 is 13.1. The minimum absolute atomic E-state index is 0. The second-order valence-corrected chi connectivity index (χ2v) is 4.90. The van der Waals surface area contributed by atoms with Crippen molar-refractivity contribution >= 4 is 12.4 Å². The van der Waals surface area contributed by atoms with Gasteiger partial charge < -0.3 is 5.32 Å². The lowest BCUT2D eigenvalue weighted by Crippen LogP contribution is -2.11. The molecule has 1 aromatic rings. The van der Waals surface area contributed by atoms with E-state index in [1.54, 1.807) is 6.07 Å². The van der Waals surface area contributed by atoms with Crippen molar-refractivity contribution in [1.82, 2.24) is 5.32 Å². The van der Waals surface area contributed by atoms with E-state index < -0.39 is 0 Å². The molecular formula is C13H17ClFN. The fourth-order valence-corrected chi connectivity index (χ4v) is 3.20. The van der Waals surface area contributed by atoms with Crippen molar-refractivity contribution in [2.75, 3.05) is 13.1 Å². The van der Waals surface area contributed by atoms with Gasteiger partial charge in [-0.1, -0.05) is 12.1 Å². The Labute approximate surface area is 102 Å². The van der Waals surface area contributed by atoms with Crippen LogP contribution < -0.4 is 5.32 Å². The summed E-state index contributed by atoms with van der Waals surface area (Å²) in [6.45, 7) is 2.33. The molecule has 0 aromatic heterocycles. The maximum absolute atomic E-state index is 13.1. The first-order valence-corrected chi connectivity index (χ1v) is 5.79. The van der Waals surface area contributed by atoms with Gasteiger partial charge in [0.25, 0.3) is 0 Å². The van der Waals surface area contributed by atoms with Crippen molar-refractivity contribution in [1.29, 1.82) is 0 Å². The number of benzene rings is 1. The molecular weight excluding hydrogens is 225 g/mol. The summed E-state index contributed by atoms with van der Waals surface area (Å²) in [7, 11) is 0. The molecule has 2 fully saturated rings. The normalized spacial score (nSPS) is 28.8. The minimum Gasteiger partial charge on any atom is -0.316 e. The fourth-order valence-electron chi connectivity index (χ4n) is 3.20. The zero-order chi connectivity index (χ0) is 10.3. The molecule has 88 valence electrons. The number of hydrogen-bond donors (Lipinski definition) is 1. The monoisotopic (exact) mass is 241 g/mol. The largest absolute Gasteiger partial charge is 0.316 e. The molecule has 16 heavy (non-hydrogen) atoms. The van der Waals surface area contributed by atoms with Gasteiger partial charge in [-0.25, -0.2) is 4.39 Å². The van der Waals surface area contributed by atoms with E-state index in [0.717, 1.165) is 24.9 Å². The molecule has 0 radical (unpaired) electrons. The van der Waals surface area contributed by atoms with Crippen molar-refractivity contribution in [3.05, 3.63) is 35.6 Å². The van der Waals surface area contributed by atoms with Crippen LogP contribution in [0, 0.1) is 17.7 Å². The molecule has 2 atom stereocenters. The summed E-state index contributed by atoms with van der Waals surface area (Å²) in [6.07, 6.45) is 2.47.